The zero-order valence-corrected chi connectivity index (χ0v) is 10.7. The van der Waals surface area contributed by atoms with Crippen LogP contribution in [0.3, 0.4) is 0 Å². The molecule has 0 radical (unpaired) electrons. The SMILES string of the molecule is CO/C=C(/C(=O)O)c1ccccc1Oc1ccncn1. The molecule has 6 heteroatoms. The van der Waals surface area contributed by atoms with E-state index in [1.54, 1.807) is 30.3 Å². The van der Waals surface area contributed by atoms with Crippen LogP contribution in [0.25, 0.3) is 5.57 Å². The summed E-state index contributed by atoms with van der Waals surface area (Å²) in [6.07, 6.45) is 4.04. The van der Waals surface area contributed by atoms with E-state index in [4.69, 9.17) is 9.47 Å². The van der Waals surface area contributed by atoms with Gasteiger partial charge in [0.2, 0.25) is 5.88 Å². The van der Waals surface area contributed by atoms with Gasteiger partial charge >= 0.3 is 5.97 Å². The molecule has 0 saturated heterocycles. The first kappa shape index (κ1) is 13.5. The topological polar surface area (TPSA) is 81.5 Å². The summed E-state index contributed by atoms with van der Waals surface area (Å²) in [5, 5.41) is 9.22. The molecule has 0 saturated carbocycles. The zero-order valence-electron chi connectivity index (χ0n) is 10.7. The van der Waals surface area contributed by atoms with Crippen molar-refractivity contribution >= 4 is 11.5 Å². The summed E-state index contributed by atoms with van der Waals surface area (Å²) in [6, 6.07) is 8.33. The summed E-state index contributed by atoms with van der Waals surface area (Å²) in [7, 11) is 1.39. The van der Waals surface area contributed by atoms with Gasteiger partial charge in [-0.05, 0) is 6.07 Å². The Labute approximate surface area is 115 Å². The van der Waals surface area contributed by atoms with E-state index in [1.807, 2.05) is 0 Å². The van der Waals surface area contributed by atoms with E-state index in [9.17, 15) is 9.90 Å². The number of para-hydroxylation sites is 1. The van der Waals surface area contributed by atoms with Crippen LogP contribution in [0.2, 0.25) is 0 Å². The zero-order chi connectivity index (χ0) is 14.4. The molecule has 0 unspecified atom stereocenters. The Balaban J connectivity index is 2.40. The van der Waals surface area contributed by atoms with E-state index < -0.39 is 5.97 Å². The highest BCUT2D eigenvalue weighted by atomic mass is 16.5. The lowest BCUT2D eigenvalue weighted by Crippen LogP contribution is -2.02. The minimum absolute atomic E-state index is 0.00263. The van der Waals surface area contributed by atoms with E-state index >= 15 is 0 Å². The lowest BCUT2D eigenvalue weighted by molar-refractivity contribution is -0.130. The molecular formula is C14H12N2O4. The quantitative estimate of drug-likeness (QED) is 0.664. The van der Waals surface area contributed by atoms with Gasteiger partial charge in [0.15, 0.2) is 0 Å². The van der Waals surface area contributed by atoms with Crippen molar-refractivity contribution < 1.29 is 19.4 Å². The standard InChI is InChI=1S/C14H12N2O4/c1-19-8-11(14(17)18)10-4-2-3-5-12(10)20-13-6-7-15-9-16-13/h2-9H,1H3,(H,17,18)/b11-8+. The van der Waals surface area contributed by atoms with Gasteiger partial charge < -0.3 is 14.6 Å². The van der Waals surface area contributed by atoms with Crippen molar-refractivity contribution in [3.63, 3.8) is 0 Å². The van der Waals surface area contributed by atoms with Crippen LogP contribution in [-0.2, 0) is 9.53 Å². The van der Waals surface area contributed by atoms with Crippen molar-refractivity contribution in [2.24, 2.45) is 0 Å². The molecule has 102 valence electrons. The Morgan fingerprint density at radius 2 is 2.10 bits per heavy atom. The average Bonchev–Trinajstić information content (AvgIpc) is 2.46. The third kappa shape index (κ3) is 3.11. The molecule has 0 bridgehead atoms. The molecule has 6 nitrogen and oxygen atoms in total. The third-order valence-corrected chi connectivity index (χ3v) is 2.41. The van der Waals surface area contributed by atoms with E-state index in [0.29, 0.717) is 17.2 Å². The summed E-state index contributed by atoms with van der Waals surface area (Å²) >= 11 is 0. The molecule has 0 amide bonds. The fourth-order valence-corrected chi connectivity index (χ4v) is 1.58. The maximum atomic E-state index is 11.3. The summed E-state index contributed by atoms with van der Waals surface area (Å²) in [5.41, 5.74) is 0.401. The number of benzene rings is 1. The first-order chi connectivity index (χ1) is 9.72. The number of aromatic nitrogens is 2. The highest BCUT2D eigenvalue weighted by Crippen LogP contribution is 2.29. The van der Waals surface area contributed by atoms with Gasteiger partial charge in [-0.3, -0.25) is 0 Å². The molecule has 0 aliphatic carbocycles. The van der Waals surface area contributed by atoms with Crippen molar-refractivity contribution in [1.29, 1.82) is 0 Å². The number of hydrogen-bond acceptors (Lipinski definition) is 5. The number of carboxylic acids is 1. The van der Waals surface area contributed by atoms with Crippen LogP contribution < -0.4 is 4.74 Å². The van der Waals surface area contributed by atoms with Crippen molar-refractivity contribution in [3.8, 4) is 11.6 Å². The number of aliphatic carboxylic acids is 1. The molecule has 1 N–H and O–H groups in total. The molecule has 0 atom stereocenters. The predicted octanol–water partition coefficient (Wildman–Crippen LogP) is 2.34. The van der Waals surface area contributed by atoms with Gasteiger partial charge in [0.1, 0.15) is 17.6 Å². The molecule has 0 spiro atoms. The number of carboxylic acid groups (broad SMARTS) is 1. The van der Waals surface area contributed by atoms with Gasteiger partial charge in [0.25, 0.3) is 0 Å². The van der Waals surface area contributed by atoms with Gasteiger partial charge in [0.05, 0.1) is 13.4 Å². The summed E-state index contributed by atoms with van der Waals surface area (Å²) < 4.78 is 10.4. The van der Waals surface area contributed by atoms with Crippen LogP contribution in [0, 0.1) is 0 Å². The molecule has 1 aromatic carbocycles. The van der Waals surface area contributed by atoms with Crippen LogP contribution >= 0.6 is 0 Å². The van der Waals surface area contributed by atoms with E-state index in [2.05, 4.69) is 9.97 Å². The maximum Gasteiger partial charge on any atom is 0.339 e. The van der Waals surface area contributed by atoms with Gasteiger partial charge in [-0.2, -0.15) is 0 Å². The number of nitrogens with zero attached hydrogens (tertiary/aromatic N) is 2. The predicted molar refractivity (Wildman–Crippen MR) is 71.2 cm³/mol. The number of hydrogen-bond donors (Lipinski definition) is 1. The number of rotatable bonds is 5. The molecule has 0 aliphatic heterocycles. The second kappa shape index (κ2) is 6.33. The van der Waals surface area contributed by atoms with Crippen LogP contribution in [0.5, 0.6) is 11.6 Å². The Morgan fingerprint density at radius 3 is 2.75 bits per heavy atom. The first-order valence-electron chi connectivity index (χ1n) is 5.72. The molecule has 0 aliphatic rings. The van der Waals surface area contributed by atoms with Crippen molar-refractivity contribution in [3.05, 3.63) is 54.7 Å². The van der Waals surface area contributed by atoms with Gasteiger partial charge in [-0.15, -0.1) is 0 Å². The summed E-state index contributed by atoms with van der Waals surface area (Å²) in [4.78, 5) is 19.0. The second-order valence-corrected chi connectivity index (χ2v) is 3.72. The Bertz CT molecular complexity index is 626. The smallest absolute Gasteiger partial charge is 0.339 e. The number of carbonyl (C=O) groups is 1. The highest BCUT2D eigenvalue weighted by Gasteiger charge is 2.16. The molecule has 1 heterocycles. The monoisotopic (exact) mass is 272 g/mol. The Kier molecular flexibility index (Phi) is 4.28. The average molecular weight is 272 g/mol. The van der Waals surface area contributed by atoms with E-state index in [0.717, 1.165) is 6.26 Å². The molecule has 0 fully saturated rings. The normalized spacial score (nSPS) is 10.9. The Morgan fingerprint density at radius 1 is 1.30 bits per heavy atom. The van der Waals surface area contributed by atoms with Crippen LogP contribution in [0.1, 0.15) is 5.56 Å². The first-order valence-corrected chi connectivity index (χ1v) is 5.72. The molecule has 1 aromatic heterocycles. The largest absolute Gasteiger partial charge is 0.503 e. The van der Waals surface area contributed by atoms with Crippen molar-refractivity contribution in [2.75, 3.05) is 7.11 Å². The maximum absolute atomic E-state index is 11.3. The van der Waals surface area contributed by atoms with Crippen molar-refractivity contribution in [2.45, 2.75) is 0 Å². The van der Waals surface area contributed by atoms with Gasteiger partial charge in [0, 0.05) is 17.8 Å². The molecular weight excluding hydrogens is 260 g/mol. The van der Waals surface area contributed by atoms with E-state index in [1.165, 1.54) is 19.6 Å². The minimum atomic E-state index is -1.11. The van der Waals surface area contributed by atoms with Gasteiger partial charge in [-0.25, -0.2) is 14.8 Å². The molecule has 2 rings (SSSR count). The minimum Gasteiger partial charge on any atom is -0.503 e. The Hall–Kier alpha value is -2.89. The van der Waals surface area contributed by atoms with Crippen LogP contribution in [-0.4, -0.2) is 28.2 Å². The number of ether oxygens (including phenoxy) is 2. The lowest BCUT2D eigenvalue weighted by Gasteiger charge is -2.10. The summed E-state index contributed by atoms with van der Waals surface area (Å²) in [5.74, 6) is -0.405. The fourth-order valence-electron chi connectivity index (χ4n) is 1.58. The van der Waals surface area contributed by atoms with Crippen LogP contribution in [0.15, 0.2) is 49.1 Å². The highest BCUT2D eigenvalue weighted by molar-refractivity contribution is 6.15. The van der Waals surface area contributed by atoms with Crippen LogP contribution in [0.4, 0.5) is 0 Å². The van der Waals surface area contributed by atoms with E-state index in [-0.39, 0.29) is 5.57 Å². The molecule has 20 heavy (non-hydrogen) atoms. The lowest BCUT2D eigenvalue weighted by atomic mass is 10.1. The summed E-state index contributed by atoms with van der Waals surface area (Å²) in [6.45, 7) is 0. The molecule has 2 aromatic rings. The number of methoxy groups -OCH3 is 1. The van der Waals surface area contributed by atoms with Crippen molar-refractivity contribution in [1.82, 2.24) is 9.97 Å². The van der Waals surface area contributed by atoms with Gasteiger partial charge in [-0.1, -0.05) is 18.2 Å². The fraction of sp³-hybridized carbons (Fsp3) is 0.0714. The third-order valence-electron chi connectivity index (χ3n) is 2.41. The second-order valence-electron chi connectivity index (χ2n) is 3.72.